The van der Waals surface area contributed by atoms with E-state index >= 15 is 0 Å². The van der Waals surface area contributed by atoms with Gasteiger partial charge in [-0.1, -0.05) is 12.1 Å². The van der Waals surface area contributed by atoms with Gasteiger partial charge in [-0.05, 0) is 56.7 Å². The second-order valence-electron chi connectivity index (χ2n) is 5.23. The van der Waals surface area contributed by atoms with E-state index < -0.39 is 0 Å². The maximum absolute atomic E-state index is 12.2. The van der Waals surface area contributed by atoms with E-state index in [1.165, 1.54) is 0 Å². The summed E-state index contributed by atoms with van der Waals surface area (Å²) < 4.78 is 0. The van der Waals surface area contributed by atoms with E-state index in [0.29, 0.717) is 0 Å². The quantitative estimate of drug-likeness (QED) is 0.842. The lowest BCUT2D eigenvalue weighted by atomic mass is 9.92. The third-order valence-corrected chi connectivity index (χ3v) is 3.88. The lowest BCUT2D eigenvalue weighted by molar-refractivity contribution is 0.0867. The average molecular weight is 247 g/mol. The first-order chi connectivity index (χ1) is 8.58. The Hall–Kier alpha value is -1.35. The van der Waals surface area contributed by atoms with Crippen molar-refractivity contribution in [2.75, 3.05) is 0 Å². The van der Waals surface area contributed by atoms with Crippen LogP contribution in [0.1, 0.15) is 47.2 Å². The zero-order valence-electron chi connectivity index (χ0n) is 11.1. The Bertz CT molecular complexity index is 434. The van der Waals surface area contributed by atoms with Gasteiger partial charge >= 0.3 is 0 Å². The second kappa shape index (κ2) is 5.53. The number of aryl methyl sites for hydroxylation is 1. The molecule has 0 radical (unpaired) electrons. The van der Waals surface area contributed by atoms with Gasteiger partial charge in [0.1, 0.15) is 0 Å². The third kappa shape index (κ3) is 2.91. The van der Waals surface area contributed by atoms with Crippen LogP contribution in [0.3, 0.4) is 0 Å². The smallest absolute Gasteiger partial charge is 0.251 e. The molecule has 2 N–H and O–H groups in total. The molecule has 18 heavy (non-hydrogen) atoms. The minimum atomic E-state index is -0.182. The van der Waals surface area contributed by atoms with Crippen LogP contribution in [0.2, 0.25) is 0 Å². The summed E-state index contributed by atoms with van der Waals surface area (Å²) in [5, 5.41) is 12.5. The van der Waals surface area contributed by atoms with Gasteiger partial charge in [-0.3, -0.25) is 4.79 Å². The number of amides is 1. The van der Waals surface area contributed by atoms with Crippen LogP contribution in [-0.4, -0.2) is 23.2 Å². The van der Waals surface area contributed by atoms with Gasteiger partial charge in [0.25, 0.3) is 5.91 Å². The summed E-state index contributed by atoms with van der Waals surface area (Å²) in [4.78, 5) is 12.2. The van der Waals surface area contributed by atoms with Crippen LogP contribution in [0.4, 0.5) is 0 Å². The highest BCUT2D eigenvalue weighted by Gasteiger charge is 2.21. The van der Waals surface area contributed by atoms with Gasteiger partial charge in [0.05, 0.1) is 6.10 Å². The van der Waals surface area contributed by atoms with Gasteiger partial charge in [-0.2, -0.15) is 0 Å². The van der Waals surface area contributed by atoms with Crippen LogP contribution in [-0.2, 0) is 0 Å². The first-order valence-electron chi connectivity index (χ1n) is 6.63. The summed E-state index contributed by atoms with van der Waals surface area (Å²) in [6.45, 7) is 4.00. The molecule has 1 aromatic carbocycles. The predicted octanol–water partition coefficient (Wildman–Crippen LogP) is 2.34. The van der Waals surface area contributed by atoms with Gasteiger partial charge in [0.15, 0.2) is 0 Å². The summed E-state index contributed by atoms with van der Waals surface area (Å²) in [6.07, 6.45) is 3.14. The van der Waals surface area contributed by atoms with Crippen molar-refractivity contribution in [1.82, 2.24) is 5.32 Å². The fraction of sp³-hybridized carbons (Fsp3) is 0.533. The minimum absolute atomic E-state index is 0.0117. The molecule has 0 aromatic heterocycles. The van der Waals surface area contributed by atoms with Crippen LogP contribution < -0.4 is 5.32 Å². The summed E-state index contributed by atoms with van der Waals surface area (Å²) in [5.41, 5.74) is 2.95. The summed E-state index contributed by atoms with van der Waals surface area (Å²) in [6, 6.07) is 6.01. The lowest BCUT2D eigenvalue weighted by Crippen LogP contribution is -2.38. The highest BCUT2D eigenvalue weighted by atomic mass is 16.3. The number of carbonyl (C=O) groups excluding carboxylic acids is 1. The van der Waals surface area contributed by atoms with E-state index in [-0.39, 0.29) is 18.1 Å². The topological polar surface area (TPSA) is 49.3 Å². The Morgan fingerprint density at radius 2 is 1.89 bits per heavy atom. The molecule has 3 nitrogen and oxygen atoms in total. The van der Waals surface area contributed by atoms with E-state index in [9.17, 15) is 9.90 Å². The molecule has 0 aliphatic heterocycles. The number of nitrogens with one attached hydrogen (secondary N) is 1. The maximum Gasteiger partial charge on any atom is 0.251 e. The molecular formula is C15H21NO2. The highest BCUT2D eigenvalue weighted by Crippen LogP contribution is 2.19. The number of carbonyl (C=O) groups is 1. The van der Waals surface area contributed by atoms with Crippen molar-refractivity contribution in [1.29, 1.82) is 0 Å². The van der Waals surface area contributed by atoms with Gasteiger partial charge in [0.2, 0.25) is 0 Å². The van der Waals surface area contributed by atoms with Crippen LogP contribution in [0.25, 0.3) is 0 Å². The first-order valence-corrected chi connectivity index (χ1v) is 6.63. The molecule has 0 heterocycles. The van der Waals surface area contributed by atoms with Gasteiger partial charge in [0, 0.05) is 11.6 Å². The minimum Gasteiger partial charge on any atom is -0.393 e. The highest BCUT2D eigenvalue weighted by molar-refractivity contribution is 5.96. The summed E-state index contributed by atoms with van der Waals surface area (Å²) in [5.74, 6) is 0.0117. The van der Waals surface area contributed by atoms with Gasteiger partial charge < -0.3 is 10.4 Å². The van der Waals surface area contributed by atoms with E-state index in [1.54, 1.807) is 0 Å². The van der Waals surface area contributed by atoms with Crippen LogP contribution in [0.15, 0.2) is 18.2 Å². The van der Waals surface area contributed by atoms with Crippen molar-refractivity contribution in [2.24, 2.45) is 0 Å². The molecule has 1 saturated carbocycles. The second-order valence-corrected chi connectivity index (χ2v) is 5.23. The normalized spacial score (nSPS) is 23.7. The van der Waals surface area contributed by atoms with E-state index in [0.717, 1.165) is 42.4 Å². The zero-order chi connectivity index (χ0) is 13.1. The fourth-order valence-electron chi connectivity index (χ4n) is 2.48. The summed E-state index contributed by atoms with van der Waals surface area (Å²) >= 11 is 0. The standard InChI is InChI=1S/C15H21NO2/c1-10-4-3-5-14(11(10)2)15(18)16-12-6-8-13(17)9-7-12/h3-5,12-13,17H,6-9H2,1-2H3,(H,16,18). The molecule has 2 rings (SSSR count). The molecule has 0 bridgehead atoms. The van der Waals surface area contributed by atoms with Crippen molar-refractivity contribution in [2.45, 2.75) is 51.7 Å². The van der Waals surface area contributed by atoms with E-state index in [2.05, 4.69) is 5.32 Å². The number of rotatable bonds is 2. The largest absolute Gasteiger partial charge is 0.393 e. The molecule has 3 heteroatoms. The molecule has 0 saturated heterocycles. The molecule has 1 aliphatic carbocycles. The monoisotopic (exact) mass is 247 g/mol. The zero-order valence-corrected chi connectivity index (χ0v) is 11.1. The molecule has 98 valence electrons. The lowest BCUT2D eigenvalue weighted by Gasteiger charge is -2.26. The molecule has 1 amide bonds. The fourth-order valence-corrected chi connectivity index (χ4v) is 2.48. The molecule has 0 spiro atoms. The Kier molecular flexibility index (Phi) is 4.02. The van der Waals surface area contributed by atoms with Crippen molar-refractivity contribution >= 4 is 5.91 Å². The number of hydrogen-bond donors (Lipinski definition) is 2. The van der Waals surface area contributed by atoms with Crippen molar-refractivity contribution < 1.29 is 9.90 Å². The van der Waals surface area contributed by atoms with Crippen molar-refractivity contribution in [3.63, 3.8) is 0 Å². The molecular weight excluding hydrogens is 226 g/mol. The summed E-state index contributed by atoms with van der Waals surface area (Å²) in [7, 11) is 0. The SMILES string of the molecule is Cc1cccc(C(=O)NC2CCC(O)CC2)c1C. The van der Waals surface area contributed by atoms with Gasteiger partial charge in [-0.15, -0.1) is 0 Å². The average Bonchev–Trinajstić information content (AvgIpc) is 2.35. The third-order valence-electron chi connectivity index (χ3n) is 3.88. The van der Waals surface area contributed by atoms with Crippen LogP contribution in [0.5, 0.6) is 0 Å². The number of hydrogen-bond acceptors (Lipinski definition) is 2. The first kappa shape index (κ1) is 13.1. The van der Waals surface area contributed by atoms with Crippen LogP contribution >= 0.6 is 0 Å². The molecule has 0 unspecified atom stereocenters. The Morgan fingerprint density at radius 3 is 2.56 bits per heavy atom. The number of aliphatic hydroxyl groups is 1. The Morgan fingerprint density at radius 1 is 1.22 bits per heavy atom. The predicted molar refractivity (Wildman–Crippen MR) is 71.6 cm³/mol. The molecule has 1 fully saturated rings. The van der Waals surface area contributed by atoms with Gasteiger partial charge in [-0.25, -0.2) is 0 Å². The molecule has 1 aliphatic rings. The number of aliphatic hydroxyl groups excluding tert-OH is 1. The van der Waals surface area contributed by atoms with E-state index in [4.69, 9.17) is 0 Å². The van der Waals surface area contributed by atoms with Crippen LogP contribution in [0, 0.1) is 13.8 Å². The number of benzene rings is 1. The maximum atomic E-state index is 12.2. The molecule has 1 aromatic rings. The Labute approximate surface area is 108 Å². The Balaban J connectivity index is 2.01. The van der Waals surface area contributed by atoms with E-state index in [1.807, 2.05) is 32.0 Å². The van der Waals surface area contributed by atoms with Crippen molar-refractivity contribution in [3.8, 4) is 0 Å². The van der Waals surface area contributed by atoms with Crippen molar-refractivity contribution in [3.05, 3.63) is 34.9 Å². The molecule has 0 atom stereocenters.